The molecular formula is C16H16N2O2S. The summed E-state index contributed by atoms with van der Waals surface area (Å²) in [6.07, 6.45) is 2.61. The van der Waals surface area contributed by atoms with E-state index in [-0.39, 0.29) is 0 Å². The third-order valence-corrected chi connectivity index (χ3v) is 5.65. The Morgan fingerprint density at radius 1 is 1.43 bits per heavy atom. The van der Waals surface area contributed by atoms with Crippen LogP contribution in [0.3, 0.4) is 0 Å². The van der Waals surface area contributed by atoms with E-state index >= 15 is 0 Å². The van der Waals surface area contributed by atoms with Crippen molar-refractivity contribution in [3.05, 3.63) is 34.3 Å². The molecule has 0 amide bonds. The number of carboxylic acids is 1. The Morgan fingerprint density at radius 2 is 2.29 bits per heavy atom. The zero-order chi connectivity index (χ0) is 14.6. The van der Waals surface area contributed by atoms with Gasteiger partial charge in [-0.2, -0.15) is 0 Å². The van der Waals surface area contributed by atoms with Crippen molar-refractivity contribution in [1.82, 2.24) is 4.98 Å². The van der Waals surface area contributed by atoms with Crippen LogP contribution in [0.5, 0.6) is 0 Å². The van der Waals surface area contributed by atoms with E-state index in [0.717, 1.165) is 40.5 Å². The molecule has 108 valence electrons. The normalized spacial score (nSPS) is 19.7. The smallest absolute Gasteiger partial charge is 0.312 e. The molecule has 0 saturated carbocycles. The molecule has 1 atom stereocenters. The molecular weight excluding hydrogens is 284 g/mol. The van der Waals surface area contributed by atoms with Crippen LogP contribution in [0, 0.1) is 0 Å². The number of hydrogen-bond acceptors (Lipinski definition) is 4. The van der Waals surface area contributed by atoms with Crippen molar-refractivity contribution in [1.29, 1.82) is 0 Å². The third kappa shape index (κ3) is 1.95. The van der Waals surface area contributed by atoms with E-state index in [1.807, 2.05) is 0 Å². The molecule has 1 aliphatic carbocycles. The van der Waals surface area contributed by atoms with Crippen molar-refractivity contribution in [2.45, 2.75) is 25.2 Å². The second-order valence-electron chi connectivity index (χ2n) is 5.77. The highest BCUT2D eigenvalue weighted by atomic mass is 32.1. The largest absolute Gasteiger partial charge is 0.481 e. The Hall–Kier alpha value is -1.88. The van der Waals surface area contributed by atoms with E-state index in [1.165, 1.54) is 11.3 Å². The molecule has 1 aromatic heterocycles. The van der Waals surface area contributed by atoms with Gasteiger partial charge in [-0.3, -0.25) is 4.79 Å². The standard InChI is InChI=1S/C16H16N2O2S/c1-18-7-6-9-8-10(2-4-12(9)18)15-17-14-11(16(19)20)3-5-13(14)21-15/h2,4,8,11H,3,5-7H2,1H3,(H,19,20). The summed E-state index contributed by atoms with van der Waals surface area (Å²) in [6.45, 7) is 1.06. The third-order valence-electron chi connectivity index (χ3n) is 4.47. The van der Waals surface area contributed by atoms with E-state index in [4.69, 9.17) is 0 Å². The molecule has 0 fully saturated rings. The average molecular weight is 300 g/mol. The van der Waals surface area contributed by atoms with Gasteiger partial charge in [-0.05, 0) is 43.0 Å². The van der Waals surface area contributed by atoms with Crippen molar-refractivity contribution in [2.24, 2.45) is 0 Å². The van der Waals surface area contributed by atoms with Crippen LogP contribution < -0.4 is 4.90 Å². The fourth-order valence-corrected chi connectivity index (χ4v) is 4.43. The number of carboxylic acid groups (broad SMARTS) is 1. The first kappa shape index (κ1) is 12.8. The second kappa shape index (κ2) is 4.56. The van der Waals surface area contributed by atoms with Crippen LogP contribution in [0.1, 0.15) is 28.5 Å². The molecule has 2 aromatic rings. The fourth-order valence-electron chi connectivity index (χ4n) is 3.29. The van der Waals surface area contributed by atoms with Gasteiger partial charge in [-0.1, -0.05) is 0 Å². The Kier molecular flexibility index (Phi) is 2.79. The van der Waals surface area contributed by atoms with Crippen molar-refractivity contribution in [3.63, 3.8) is 0 Å². The molecule has 0 spiro atoms. The van der Waals surface area contributed by atoms with Gasteiger partial charge in [0, 0.05) is 29.7 Å². The summed E-state index contributed by atoms with van der Waals surface area (Å²) < 4.78 is 0. The Morgan fingerprint density at radius 3 is 3.10 bits per heavy atom. The summed E-state index contributed by atoms with van der Waals surface area (Å²) in [4.78, 5) is 19.3. The number of rotatable bonds is 2. The summed E-state index contributed by atoms with van der Waals surface area (Å²) >= 11 is 1.65. The van der Waals surface area contributed by atoms with E-state index in [0.29, 0.717) is 6.42 Å². The SMILES string of the molecule is CN1CCc2cc(-c3nc4c(s3)CCC4C(=O)O)ccc21. The summed E-state index contributed by atoms with van der Waals surface area (Å²) in [6, 6.07) is 6.46. The highest BCUT2D eigenvalue weighted by Gasteiger charge is 2.32. The number of hydrogen-bond donors (Lipinski definition) is 1. The molecule has 1 aromatic carbocycles. The van der Waals surface area contributed by atoms with Gasteiger partial charge in [-0.15, -0.1) is 11.3 Å². The maximum Gasteiger partial charge on any atom is 0.312 e. The maximum atomic E-state index is 11.3. The predicted octanol–water partition coefficient (Wildman–Crippen LogP) is 2.92. The lowest BCUT2D eigenvalue weighted by molar-refractivity contribution is -0.138. The topological polar surface area (TPSA) is 53.4 Å². The van der Waals surface area contributed by atoms with Crippen molar-refractivity contribution >= 4 is 23.0 Å². The molecule has 1 unspecified atom stereocenters. The van der Waals surface area contributed by atoms with E-state index in [2.05, 4.69) is 35.1 Å². The van der Waals surface area contributed by atoms with Crippen LogP contribution in [0.4, 0.5) is 5.69 Å². The lowest BCUT2D eigenvalue weighted by Gasteiger charge is -2.11. The molecule has 5 heteroatoms. The van der Waals surface area contributed by atoms with Gasteiger partial charge in [-0.25, -0.2) is 4.98 Å². The first-order chi connectivity index (χ1) is 10.1. The number of likely N-dealkylation sites (N-methyl/N-ethyl adjacent to an activating group) is 1. The summed E-state index contributed by atoms with van der Waals surface area (Å²) in [5, 5.41) is 10.2. The van der Waals surface area contributed by atoms with Gasteiger partial charge in [0.25, 0.3) is 0 Å². The fraction of sp³-hybridized carbons (Fsp3) is 0.375. The van der Waals surface area contributed by atoms with Gasteiger partial charge in [0.2, 0.25) is 0 Å². The number of aryl methyl sites for hydroxylation is 1. The average Bonchev–Trinajstić information content (AvgIpc) is 3.12. The van der Waals surface area contributed by atoms with Crippen molar-refractivity contribution in [3.8, 4) is 10.6 Å². The molecule has 4 rings (SSSR count). The molecule has 1 aliphatic heterocycles. The quantitative estimate of drug-likeness (QED) is 0.926. The van der Waals surface area contributed by atoms with Crippen molar-refractivity contribution in [2.75, 3.05) is 18.5 Å². The molecule has 4 nitrogen and oxygen atoms in total. The Balaban J connectivity index is 1.73. The van der Waals surface area contributed by atoms with Gasteiger partial charge in [0.15, 0.2) is 0 Å². The second-order valence-corrected chi connectivity index (χ2v) is 6.86. The first-order valence-electron chi connectivity index (χ1n) is 7.20. The predicted molar refractivity (Wildman–Crippen MR) is 83.2 cm³/mol. The first-order valence-corrected chi connectivity index (χ1v) is 8.02. The van der Waals surface area contributed by atoms with Gasteiger partial charge < -0.3 is 10.0 Å². The van der Waals surface area contributed by atoms with Crippen LogP contribution in [0.2, 0.25) is 0 Å². The number of thiazole rings is 1. The van der Waals surface area contributed by atoms with Crippen LogP contribution in [-0.2, 0) is 17.6 Å². The van der Waals surface area contributed by atoms with Gasteiger partial charge >= 0.3 is 5.97 Å². The van der Waals surface area contributed by atoms with E-state index in [9.17, 15) is 9.90 Å². The number of benzene rings is 1. The number of aromatic nitrogens is 1. The highest BCUT2D eigenvalue weighted by molar-refractivity contribution is 7.15. The molecule has 0 bridgehead atoms. The molecule has 0 radical (unpaired) electrons. The van der Waals surface area contributed by atoms with E-state index in [1.54, 1.807) is 11.3 Å². The minimum atomic E-state index is -0.749. The van der Waals surface area contributed by atoms with Crippen LogP contribution >= 0.6 is 11.3 Å². The molecule has 2 heterocycles. The molecule has 0 saturated heterocycles. The summed E-state index contributed by atoms with van der Waals surface area (Å²) in [5.74, 6) is -1.16. The maximum absolute atomic E-state index is 11.3. The van der Waals surface area contributed by atoms with Crippen LogP contribution in [0.15, 0.2) is 18.2 Å². The molecule has 21 heavy (non-hydrogen) atoms. The number of carbonyl (C=O) groups is 1. The Labute approximate surface area is 127 Å². The summed E-state index contributed by atoms with van der Waals surface area (Å²) in [5.41, 5.74) is 4.57. The monoisotopic (exact) mass is 300 g/mol. The van der Waals surface area contributed by atoms with Crippen molar-refractivity contribution < 1.29 is 9.90 Å². The Bertz CT molecular complexity index is 738. The summed E-state index contributed by atoms with van der Waals surface area (Å²) in [7, 11) is 2.11. The zero-order valence-corrected chi connectivity index (χ0v) is 12.6. The molecule has 2 aliphatic rings. The molecule has 1 N–H and O–H groups in total. The highest BCUT2D eigenvalue weighted by Crippen LogP contribution is 2.41. The van der Waals surface area contributed by atoms with Crippen LogP contribution in [-0.4, -0.2) is 29.7 Å². The lowest BCUT2D eigenvalue weighted by Crippen LogP contribution is -2.12. The van der Waals surface area contributed by atoms with Gasteiger partial charge in [0.05, 0.1) is 5.69 Å². The number of nitrogens with zero attached hydrogens (tertiary/aromatic N) is 2. The number of anilines is 1. The number of aliphatic carboxylic acids is 1. The minimum Gasteiger partial charge on any atom is -0.481 e. The minimum absolute atomic E-state index is 0.412. The zero-order valence-electron chi connectivity index (χ0n) is 11.8. The number of fused-ring (bicyclic) bond motifs is 2. The van der Waals surface area contributed by atoms with E-state index < -0.39 is 11.9 Å². The van der Waals surface area contributed by atoms with Crippen LogP contribution in [0.25, 0.3) is 10.6 Å². The van der Waals surface area contributed by atoms with Gasteiger partial charge in [0.1, 0.15) is 10.9 Å². The lowest BCUT2D eigenvalue weighted by atomic mass is 10.1.